The second-order valence-electron chi connectivity index (χ2n) is 4.85. The van der Waals surface area contributed by atoms with E-state index in [0.717, 1.165) is 6.42 Å². The highest BCUT2D eigenvalue weighted by molar-refractivity contribution is 5.83. The molecule has 1 amide bonds. The van der Waals surface area contributed by atoms with Gasteiger partial charge in [-0.15, -0.1) is 0 Å². The standard InChI is InChI=1S/C13H20N2O3/c1-5-8-17-10-6-7-14-11(9-10)15-12(16)18-13(2,3)4/h6-7,9H,5,8H2,1-4H3,(H,14,15,16). The van der Waals surface area contributed by atoms with Gasteiger partial charge in [0.1, 0.15) is 17.2 Å². The average Bonchev–Trinajstić information content (AvgIpc) is 2.24. The quantitative estimate of drug-likeness (QED) is 0.893. The molecule has 0 saturated carbocycles. The van der Waals surface area contributed by atoms with E-state index in [1.807, 2.05) is 6.92 Å². The molecule has 1 heterocycles. The molecule has 5 heteroatoms. The van der Waals surface area contributed by atoms with E-state index in [9.17, 15) is 4.79 Å². The van der Waals surface area contributed by atoms with Crippen molar-refractivity contribution in [2.45, 2.75) is 39.7 Å². The highest BCUT2D eigenvalue weighted by atomic mass is 16.6. The summed E-state index contributed by atoms with van der Waals surface area (Å²) in [6.45, 7) is 8.08. The lowest BCUT2D eigenvalue weighted by molar-refractivity contribution is 0.0635. The van der Waals surface area contributed by atoms with Crippen molar-refractivity contribution in [1.82, 2.24) is 4.98 Å². The molecule has 0 saturated heterocycles. The monoisotopic (exact) mass is 252 g/mol. The van der Waals surface area contributed by atoms with Gasteiger partial charge < -0.3 is 9.47 Å². The van der Waals surface area contributed by atoms with Gasteiger partial charge in [-0.25, -0.2) is 9.78 Å². The largest absolute Gasteiger partial charge is 0.493 e. The lowest BCUT2D eigenvalue weighted by Gasteiger charge is -2.19. The van der Waals surface area contributed by atoms with Crippen LogP contribution in [0.1, 0.15) is 34.1 Å². The fraction of sp³-hybridized carbons (Fsp3) is 0.538. The van der Waals surface area contributed by atoms with Gasteiger partial charge in [0.05, 0.1) is 6.61 Å². The van der Waals surface area contributed by atoms with Crippen molar-refractivity contribution in [2.75, 3.05) is 11.9 Å². The lowest BCUT2D eigenvalue weighted by Crippen LogP contribution is -2.27. The Balaban J connectivity index is 2.59. The normalized spacial score (nSPS) is 10.9. The molecule has 0 aliphatic rings. The van der Waals surface area contributed by atoms with Crippen molar-refractivity contribution in [1.29, 1.82) is 0 Å². The van der Waals surface area contributed by atoms with Gasteiger partial charge in [0.2, 0.25) is 0 Å². The molecule has 0 unspecified atom stereocenters. The van der Waals surface area contributed by atoms with Crippen molar-refractivity contribution in [3.05, 3.63) is 18.3 Å². The first-order valence-electron chi connectivity index (χ1n) is 5.99. The maximum Gasteiger partial charge on any atom is 0.413 e. The van der Waals surface area contributed by atoms with E-state index in [4.69, 9.17) is 9.47 Å². The van der Waals surface area contributed by atoms with E-state index in [1.165, 1.54) is 0 Å². The summed E-state index contributed by atoms with van der Waals surface area (Å²) in [5.74, 6) is 1.09. The first kappa shape index (κ1) is 14.3. The third-order valence-electron chi connectivity index (χ3n) is 1.83. The maximum absolute atomic E-state index is 11.5. The van der Waals surface area contributed by atoms with Gasteiger partial charge >= 0.3 is 6.09 Å². The zero-order chi connectivity index (χ0) is 13.6. The highest BCUT2D eigenvalue weighted by Crippen LogP contribution is 2.16. The van der Waals surface area contributed by atoms with Gasteiger partial charge in [-0.1, -0.05) is 6.92 Å². The van der Waals surface area contributed by atoms with Gasteiger partial charge in [0.15, 0.2) is 0 Å². The number of aromatic nitrogens is 1. The van der Waals surface area contributed by atoms with Crippen molar-refractivity contribution >= 4 is 11.9 Å². The molecule has 1 N–H and O–H groups in total. The van der Waals surface area contributed by atoms with Crippen LogP contribution in [0.25, 0.3) is 0 Å². The summed E-state index contributed by atoms with van der Waals surface area (Å²) in [6, 6.07) is 3.41. The minimum absolute atomic E-state index is 0.415. The lowest BCUT2D eigenvalue weighted by atomic mass is 10.2. The number of amides is 1. The van der Waals surface area contributed by atoms with E-state index in [1.54, 1.807) is 39.1 Å². The number of nitrogens with zero attached hydrogens (tertiary/aromatic N) is 1. The molecule has 100 valence electrons. The van der Waals surface area contributed by atoms with Gasteiger partial charge in [-0.05, 0) is 33.3 Å². The number of anilines is 1. The minimum Gasteiger partial charge on any atom is -0.493 e. The molecule has 0 aromatic carbocycles. The summed E-state index contributed by atoms with van der Waals surface area (Å²) in [6.07, 6.45) is 1.98. The topological polar surface area (TPSA) is 60.5 Å². The summed E-state index contributed by atoms with van der Waals surface area (Å²) in [7, 11) is 0. The van der Waals surface area contributed by atoms with Crippen molar-refractivity contribution < 1.29 is 14.3 Å². The van der Waals surface area contributed by atoms with E-state index in [2.05, 4.69) is 10.3 Å². The van der Waals surface area contributed by atoms with E-state index >= 15 is 0 Å². The third kappa shape index (κ3) is 5.52. The molecular formula is C13H20N2O3. The average molecular weight is 252 g/mol. The van der Waals surface area contributed by atoms with Crippen LogP contribution in [0.5, 0.6) is 5.75 Å². The van der Waals surface area contributed by atoms with Crippen molar-refractivity contribution in [2.24, 2.45) is 0 Å². The predicted molar refractivity (Wildman–Crippen MR) is 69.9 cm³/mol. The number of carbonyl (C=O) groups excluding carboxylic acids is 1. The summed E-state index contributed by atoms with van der Waals surface area (Å²) in [4.78, 5) is 15.6. The molecule has 0 aliphatic heterocycles. The van der Waals surface area contributed by atoms with Gasteiger partial charge in [0, 0.05) is 12.3 Å². The number of carbonyl (C=O) groups is 1. The van der Waals surface area contributed by atoms with Crippen molar-refractivity contribution in [3.63, 3.8) is 0 Å². The molecule has 0 atom stereocenters. The molecule has 0 bridgehead atoms. The summed E-state index contributed by atoms with van der Waals surface area (Å²) in [5.41, 5.74) is -0.527. The Morgan fingerprint density at radius 1 is 1.44 bits per heavy atom. The third-order valence-corrected chi connectivity index (χ3v) is 1.83. The summed E-state index contributed by atoms with van der Waals surface area (Å²) < 4.78 is 10.6. The van der Waals surface area contributed by atoms with Crippen LogP contribution in [0, 0.1) is 0 Å². The van der Waals surface area contributed by atoms with Gasteiger partial charge in [0.25, 0.3) is 0 Å². The van der Waals surface area contributed by atoms with E-state index < -0.39 is 11.7 Å². The van der Waals surface area contributed by atoms with Crippen LogP contribution in [-0.2, 0) is 4.74 Å². The van der Waals surface area contributed by atoms with E-state index in [0.29, 0.717) is 18.2 Å². The SMILES string of the molecule is CCCOc1ccnc(NC(=O)OC(C)(C)C)c1. The zero-order valence-corrected chi connectivity index (χ0v) is 11.3. The van der Waals surface area contributed by atoms with Crippen molar-refractivity contribution in [3.8, 4) is 5.75 Å². The van der Waals surface area contributed by atoms with Crippen LogP contribution in [0.4, 0.5) is 10.6 Å². The molecule has 1 aromatic rings. The van der Waals surface area contributed by atoms with Crippen LogP contribution in [-0.4, -0.2) is 23.3 Å². The molecule has 1 rings (SSSR count). The first-order valence-corrected chi connectivity index (χ1v) is 5.99. The first-order chi connectivity index (χ1) is 8.40. The van der Waals surface area contributed by atoms with Crippen LogP contribution >= 0.6 is 0 Å². The highest BCUT2D eigenvalue weighted by Gasteiger charge is 2.16. The molecule has 5 nitrogen and oxygen atoms in total. The minimum atomic E-state index is -0.527. The fourth-order valence-corrected chi connectivity index (χ4v) is 1.20. The maximum atomic E-state index is 11.5. The molecule has 0 radical (unpaired) electrons. The number of ether oxygens (including phenoxy) is 2. The molecule has 18 heavy (non-hydrogen) atoms. The van der Waals surface area contributed by atoms with Crippen LogP contribution in [0.15, 0.2) is 18.3 Å². The molecule has 1 aromatic heterocycles. The second kappa shape index (κ2) is 6.23. The number of hydrogen-bond donors (Lipinski definition) is 1. The Morgan fingerprint density at radius 3 is 2.78 bits per heavy atom. The zero-order valence-electron chi connectivity index (χ0n) is 11.3. The second-order valence-corrected chi connectivity index (χ2v) is 4.85. The van der Waals surface area contributed by atoms with Gasteiger partial charge in [-0.3, -0.25) is 5.32 Å². The molecule has 0 fully saturated rings. The predicted octanol–water partition coefficient (Wildman–Crippen LogP) is 3.22. The number of hydrogen-bond acceptors (Lipinski definition) is 4. The van der Waals surface area contributed by atoms with Gasteiger partial charge in [-0.2, -0.15) is 0 Å². The van der Waals surface area contributed by atoms with Crippen LogP contribution in [0.3, 0.4) is 0 Å². The Kier molecular flexibility index (Phi) is 4.95. The number of rotatable bonds is 4. The Labute approximate surface area is 108 Å². The summed E-state index contributed by atoms with van der Waals surface area (Å²) >= 11 is 0. The molecule has 0 aliphatic carbocycles. The fourth-order valence-electron chi connectivity index (χ4n) is 1.20. The van der Waals surface area contributed by atoms with Crippen LogP contribution in [0.2, 0.25) is 0 Å². The number of pyridine rings is 1. The Hall–Kier alpha value is -1.78. The molecule has 0 spiro atoms. The smallest absolute Gasteiger partial charge is 0.413 e. The molecular weight excluding hydrogens is 232 g/mol. The summed E-state index contributed by atoms with van der Waals surface area (Å²) in [5, 5.41) is 2.56. The van der Waals surface area contributed by atoms with E-state index in [-0.39, 0.29) is 0 Å². The number of nitrogens with one attached hydrogen (secondary N) is 1. The Morgan fingerprint density at radius 2 is 2.17 bits per heavy atom. The van der Waals surface area contributed by atoms with Crippen LogP contribution < -0.4 is 10.1 Å². The Bertz CT molecular complexity index is 399.